The van der Waals surface area contributed by atoms with Crippen LogP contribution in [0, 0.1) is 0 Å². The SMILES string of the molecule is CCOC(=O)c1ccc(N2CCN(Cc3ccc(OC)nc3)CC2)nc1. The van der Waals surface area contributed by atoms with Crippen molar-refractivity contribution < 1.29 is 14.3 Å². The van der Waals surface area contributed by atoms with Crippen LogP contribution in [0.5, 0.6) is 5.88 Å². The van der Waals surface area contributed by atoms with Gasteiger partial charge in [0.05, 0.1) is 19.3 Å². The van der Waals surface area contributed by atoms with Crippen LogP contribution in [0.3, 0.4) is 0 Å². The van der Waals surface area contributed by atoms with Crippen LogP contribution in [0.1, 0.15) is 22.8 Å². The van der Waals surface area contributed by atoms with E-state index in [1.54, 1.807) is 26.3 Å². The highest BCUT2D eigenvalue weighted by atomic mass is 16.5. The minimum absolute atomic E-state index is 0.329. The third-order valence-corrected chi connectivity index (χ3v) is 4.37. The van der Waals surface area contributed by atoms with Gasteiger partial charge in [-0.3, -0.25) is 4.90 Å². The van der Waals surface area contributed by atoms with Gasteiger partial charge in [0.15, 0.2) is 0 Å². The van der Waals surface area contributed by atoms with Crippen LogP contribution in [0.25, 0.3) is 0 Å². The van der Waals surface area contributed by atoms with E-state index in [-0.39, 0.29) is 5.97 Å². The third kappa shape index (κ3) is 4.49. The summed E-state index contributed by atoms with van der Waals surface area (Å²) in [6, 6.07) is 7.60. The summed E-state index contributed by atoms with van der Waals surface area (Å²) in [4.78, 5) is 25.0. The van der Waals surface area contributed by atoms with E-state index in [0.29, 0.717) is 18.1 Å². The van der Waals surface area contributed by atoms with Crippen LogP contribution in [0.15, 0.2) is 36.7 Å². The molecule has 7 nitrogen and oxygen atoms in total. The van der Waals surface area contributed by atoms with Crippen molar-refractivity contribution >= 4 is 11.8 Å². The van der Waals surface area contributed by atoms with E-state index in [0.717, 1.165) is 38.5 Å². The molecule has 0 radical (unpaired) electrons. The molecule has 1 aliphatic rings. The summed E-state index contributed by atoms with van der Waals surface area (Å²) in [5.41, 5.74) is 1.66. The molecule has 2 aromatic rings. The Hall–Kier alpha value is -2.67. The van der Waals surface area contributed by atoms with Crippen molar-refractivity contribution in [2.45, 2.75) is 13.5 Å². The summed E-state index contributed by atoms with van der Waals surface area (Å²) >= 11 is 0. The zero-order valence-corrected chi connectivity index (χ0v) is 15.2. The molecule has 0 N–H and O–H groups in total. The molecule has 0 aliphatic carbocycles. The fourth-order valence-corrected chi connectivity index (χ4v) is 2.93. The van der Waals surface area contributed by atoms with E-state index in [1.807, 2.05) is 24.4 Å². The quantitative estimate of drug-likeness (QED) is 0.733. The van der Waals surface area contributed by atoms with Crippen LogP contribution in [-0.2, 0) is 11.3 Å². The summed E-state index contributed by atoms with van der Waals surface area (Å²) in [5.74, 6) is 1.20. The first-order valence-corrected chi connectivity index (χ1v) is 8.79. The van der Waals surface area contributed by atoms with Crippen molar-refractivity contribution in [2.24, 2.45) is 0 Å². The fraction of sp³-hybridized carbons (Fsp3) is 0.421. The molecule has 2 aromatic heterocycles. The van der Waals surface area contributed by atoms with Crippen molar-refractivity contribution in [1.29, 1.82) is 0 Å². The second kappa shape index (κ2) is 8.62. The fourth-order valence-electron chi connectivity index (χ4n) is 2.93. The number of carbonyl (C=O) groups is 1. The van der Waals surface area contributed by atoms with E-state index in [4.69, 9.17) is 9.47 Å². The largest absolute Gasteiger partial charge is 0.481 e. The van der Waals surface area contributed by atoms with E-state index in [2.05, 4.69) is 19.8 Å². The van der Waals surface area contributed by atoms with E-state index in [9.17, 15) is 4.79 Å². The molecule has 1 fully saturated rings. The Labute approximate surface area is 153 Å². The van der Waals surface area contributed by atoms with Crippen molar-refractivity contribution in [2.75, 3.05) is 44.8 Å². The van der Waals surface area contributed by atoms with Crippen molar-refractivity contribution in [3.05, 3.63) is 47.8 Å². The number of ether oxygens (including phenoxy) is 2. The molecule has 3 heterocycles. The lowest BCUT2D eigenvalue weighted by Gasteiger charge is -2.35. The van der Waals surface area contributed by atoms with Gasteiger partial charge in [0, 0.05) is 51.2 Å². The van der Waals surface area contributed by atoms with Crippen LogP contribution >= 0.6 is 0 Å². The number of aromatic nitrogens is 2. The van der Waals surface area contributed by atoms with Crippen LogP contribution in [-0.4, -0.2) is 60.7 Å². The number of rotatable bonds is 6. The maximum Gasteiger partial charge on any atom is 0.339 e. The monoisotopic (exact) mass is 356 g/mol. The zero-order valence-electron chi connectivity index (χ0n) is 15.2. The third-order valence-electron chi connectivity index (χ3n) is 4.37. The highest BCUT2D eigenvalue weighted by molar-refractivity contribution is 5.89. The van der Waals surface area contributed by atoms with Gasteiger partial charge in [0.2, 0.25) is 5.88 Å². The second-order valence-corrected chi connectivity index (χ2v) is 6.10. The van der Waals surface area contributed by atoms with Gasteiger partial charge in [0.25, 0.3) is 0 Å². The Balaban J connectivity index is 1.52. The molecule has 0 bridgehead atoms. The van der Waals surface area contributed by atoms with Crippen molar-refractivity contribution in [1.82, 2.24) is 14.9 Å². The number of hydrogen-bond donors (Lipinski definition) is 0. The van der Waals surface area contributed by atoms with Crippen LogP contribution < -0.4 is 9.64 Å². The summed E-state index contributed by atoms with van der Waals surface area (Å²) in [6.07, 6.45) is 3.45. The molecule has 0 aromatic carbocycles. The number of methoxy groups -OCH3 is 1. The highest BCUT2D eigenvalue weighted by Crippen LogP contribution is 2.16. The average molecular weight is 356 g/mol. The Morgan fingerprint density at radius 3 is 2.46 bits per heavy atom. The first-order valence-electron chi connectivity index (χ1n) is 8.79. The van der Waals surface area contributed by atoms with Gasteiger partial charge >= 0.3 is 5.97 Å². The Bertz CT molecular complexity index is 711. The minimum Gasteiger partial charge on any atom is -0.481 e. The number of hydrogen-bond acceptors (Lipinski definition) is 7. The molecular formula is C19H24N4O3. The second-order valence-electron chi connectivity index (χ2n) is 6.10. The minimum atomic E-state index is -0.329. The Morgan fingerprint density at radius 1 is 1.08 bits per heavy atom. The summed E-state index contributed by atoms with van der Waals surface area (Å²) in [5, 5.41) is 0. The predicted molar refractivity (Wildman–Crippen MR) is 98.5 cm³/mol. The van der Waals surface area contributed by atoms with Crippen LogP contribution in [0.4, 0.5) is 5.82 Å². The molecule has 3 rings (SSSR count). The van der Waals surface area contributed by atoms with E-state index >= 15 is 0 Å². The molecule has 0 saturated carbocycles. The van der Waals surface area contributed by atoms with Gasteiger partial charge in [0.1, 0.15) is 5.82 Å². The van der Waals surface area contributed by atoms with E-state index in [1.165, 1.54) is 5.56 Å². The first-order chi connectivity index (χ1) is 12.7. The normalized spacial score (nSPS) is 14.9. The van der Waals surface area contributed by atoms with Gasteiger partial charge in [-0.25, -0.2) is 14.8 Å². The number of anilines is 1. The lowest BCUT2D eigenvalue weighted by Crippen LogP contribution is -2.46. The number of carbonyl (C=O) groups excluding carboxylic acids is 1. The maximum atomic E-state index is 11.7. The molecule has 0 atom stereocenters. The summed E-state index contributed by atoms with van der Waals surface area (Å²) in [7, 11) is 1.62. The maximum absolute atomic E-state index is 11.7. The van der Waals surface area contributed by atoms with Gasteiger partial charge in [-0.2, -0.15) is 0 Å². The molecular weight excluding hydrogens is 332 g/mol. The molecule has 26 heavy (non-hydrogen) atoms. The number of esters is 1. The average Bonchev–Trinajstić information content (AvgIpc) is 2.69. The Kier molecular flexibility index (Phi) is 6.01. The van der Waals surface area contributed by atoms with E-state index < -0.39 is 0 Å². The zero-order chi connectivity index (χ0) is 18.4. The first kappa shape index (κ1) is 18.1. The molecule has 7 heteroatoms. The predicted octanol–water partition coefficient (Wildman–Crippen LogP) is 1.98. The lowest BCUT2D eigenvalue weighted by atomic mass is 10.2. The molecule has 0 unspecified atom stereocenters. The topological polar surface area (TPSA) is 67.8 Å². The van der Waals surface area contributed by atoms with Crippen molar-refractivity contribution in [3.8, 4) is 5.88 Å². The summed E-state index contributed by atoms with van der Waals surface area (Å²) in [6.45, 7) is 6.73. The smallest absolute Gasteiger partial charge is 0.339 e. The number of nitrogens with zero attached hydrogens (tertiary/aromatic N) is 4. The molecule has 138 valence electrons. The van der Waals surface area contributed by atoms with Gasteiger partial charge < -0.3 is 14.4 Å². The number of piperazine rings is 1. The number of pyridine rings is 2. The summed E-state index contributed by atoms with van der Waals surface area (Å²) < 4.78 is 10.1. The van der Waals surface area contributed by atoms with Crippen LogP contribution in [0.2, 0.25) is 0 Å². The van der Waals surface area contributed by atoms with Gasteiger partial charge in [-0.05, 0) is 24.6 Å². The Morgan fingerprint density at radius 2 is 1.88 bits per heavy atom. The molecule has 0 amide bonds. The van der Waals surface area contributed by atoms with Gasteiger partial charge in [-0.1, -0.05) is 6.07 Å². The van der Waals surface area contributed by atoms with Gasteiger partial charge in [-0.15, -0.1) is 0 Å². The molecule has 1 aliphatic heterocycles. The lowest BCUT2D eigenvalue weighted by molar-refractivity contribution is 0.0526. The van der Waals surface area contributed by atoms with Crippen molar-refractivity contribution in [3.63, 3.8) is 0 Å². The molecule has 1 saturated heterocycles. The molecule has 0 spiro atoms. The highest BCUT2D eigenvalue weighted by Gasteiger charge is 2.18. The standard InChI is InChI=1S/C19H24N4O3/c1-3-26-19(24)16-5-6-17(20-13-16)23-10-8-22(9-11-23)14-15-4-7-18(25-2)21-12-15/h4-7,12-13H,3,8-11,14H2,1-2H3.